The third-order valence-corrected chi connectivity index (χ3v) is 3.50. The van der Waals surface area contributed by atoms with E-state index in [0.717, 1.165) is 17.1 Å². The number of benzene rings is 2. The summed E-state index contributed by atoms with van der Waals surface area (Å²) in [5.74, 6) is 0.301. The molecule has 0 aliphatic rings. The maximum atomic E-state index is 12.3. The highest BCUT2D eigenvalue weighted by atomic mass is 16.5. The fraction of sp³-hybridized carbons (Fsp3) is 0.100. The lowest BCUT2D eigenvalue weighted by Gasteiger charge is -2.09. The van der Waals surface area contributed by atoms with E-state index in [0.29, 0.717) is 18.1 Å². The van der Waals surface area contributed by atoms with Crippen molar-refractivity contribution in [3.63, 3.8) is 0 Å². The largest absolute Gasteiger partial charge is 0.478 e. The Morgan fingerprint density at radius 1 is 0.920 bits per heavy atom. The van der Waals surface area contributed by atoms with Crippen LogP contribution in [0.5, 0.6) is 5.88 Å². The highest BCUT2D eigenvalue weighted by Crippen LogP contribution is 2.19. The standard InChI is InChI=1S/C20H19N3O2/c1-2-25-19-13-8-15(14-21-19)20(24)23-18-11-9-17(10-12-18)22-16-6-4-3-5-7-16/h3-14,22H,2H2,1H3,(H,23,24). The molecule has 3 aromatic rings. The minimum absolute atomic E-state index is 0.209. The lowest BCUT2D eigenvalue weighted by Crippen LogP contribution is -2.12. The Labute approximate surface area is 146 Å². The Kier molecular flexibility index (Phi) is 5.26. The molecule has 1 aromatic heterocycles. The first-order valence-electron chi connectivity index (χ1n) is 8.07. The van der Waals surface area contributed by atoms with Crippen molar-refractivity contribution in [2.24, 2.45) is 0 Å². The number of carbonyl (C=O) groups is 1. The summed E-state index contributed by atoms with van der Waals surface area (Å²) in [7, 11) is 0. The SMILES string of the molecule is CCOc1ccc(C(=O)Nc2ccc(Nc3ccccc3)cc2)cn1. The molecule has 3 rings (SSSR count). The first-order valence-corrected chi connectivity index (χ1v) is 8.07. The van der Waals surface area contributed by atoms with Gasteiger partial charge in [0.2, 0.25) is 5.88 Å². The maximum Gasteiger partial charge on any atom is 0.257 e. The van der Waals surface area contributed by atoms with Crippen LogP contribution < -0.4 is 15.4 Å². The third-order valence-electron chi connectivity index (χ3n) is 3.50. The van der Waals surface area contributed by atoms with E-state index in [9.17, 15) is 4.79 Å². The molecule has 2 N–H and O–H groups in total. The highest BCUT2D eigenvalue weighted by molar-refractivity contribution is 6.04. The van der Waals surface area contributed by atoms with Crippen molar-refractivity contribution in [3.05, 3.63) is 78.5 Å². The summed E-state index contributed by atoms with van der Waals surface area (Å²) in [6.45, 7) is 2.43. The summed E-state index contributed by atoms with van der Waals surface area (Å²) in [5, 5.41) is 6.15. The van der Waals surface area contributed by atoms with Gasteiger partial charge in [-0.25, -0.2) is 4.98 Å². The van der Waals surface area contributed by atoms with E-state index in [1.165, 1.54) is 6.20 Å². The first kappa shape index (κ1) is 16.5. The van der Waals surface area contributed by atoms with Crippen LogP contribution >= 0.6 is 0 Å². The van der Waals surface area contributed by atoms with Gasteiger partial charge in [-0.15, -0.1) is 0 Å². The van der Waals surface area contributed by atoms with Crippen molar-refractivity contribution >= 4 is 23.0 Å². The molecule has 0 saturated carbocycles. The normalized spacial score (nSPS) is 10.1. The van der Waals surface area contributed by atoms with Crippen LogP contribution in [0.4, 0.5) is 17.1 Å². The molecule has 5 heteroatoms. The average Bonchev–Trinajstić information content (AvgIpc) is 2.65. The molecular weight excluding hydrogens is 314 g/mol. The number of carbonyl (C=O) groups excluding carboxylic acids is 1. The number of rotatable bonds is 6. The van der Waals surface area contributed by atoms with Crippen molar-refractivity contribution in [1.29, 1.82) is 0 Å². The van der Waals surface area contributed by atoms with Gasteiger partial charge >= 0.3 is 0 Å². The third kappa shape index (κ3) is 4.57. The number of nitrogens with one attached hydrogen (secondary N) is 2. The Bertz CT molecular complexity index is 816. The molecular formula is C20H19N3O2. The molecule has 0 fully saturated rings. The molecule has 0 spiro atoms. The molecule has 25 heavy (non-hydrogen) atoms. The molecule has 0 aliphatic carbocycles. The van der Waals surface area contributed by atoms with Crippen LogP contribution in [-0.2, 0) is 0 Å². The van der Waals surface area contributed by atoms with Gasteiger partial charge < -0.3 is 15.4 Å². The Balaban J connectivity index is 1.61. The Morgan fingerprint density at radius 3 is 2.24 bits per heavy atom. The summed E-state index contributed by atoms with van der Waals surface area (Å²) in [6.07, 6.45) is 1.51. The lowest BCUT2D eigenvalue weighted by atomic mass is 10.2. The monoisotopic (exact) mass is 333 g/mol. The predicted molar refractivity (Wildman–Crippen MR) is 99.5 cm³/mol. The zero-order valence-corrected chi connectivity index (χ0v) is 13.9. The number of hydrogen-bond donors (Lipinski definition) is 2. The second-order valence-electron chi connectivity index (χ2n) is 5.34. The van der Waals surface area contributed by atoms with Crippen LogP contribution in [0.15, 0.2) is 72.9 Å². The number of pyridine rings is 1. The van der Waals surface area contributed by atoms with Gasteiger partial charge in [0.05, 0.1) is 12.2 Å². The lowest BCUT2D eigenvalue weighted by molar-refractivity contribution is 0.102. The minimum atomic E-state index is -0.209. The number of para-hydroxylation sites is 1. The van der Waals surface area contributed by atoms with Gasteiger partial charge in [-0.3, -0.25) is 4.79 Å². The van der Waals surface area contributed by atoms with Gasteiger partial charge in [-0.05, 0) is 49.4 Å². The second kappa shape index (κ2) is 7.97. The zero-order chi connectivity index (χ0) is 17.5. The van der Waals surface area contributed by atoms with Crippen LogP contribution in [0, 0.1) is 0 Å². The number of aromatic nitrogens is 1. The first-order chi connectivity index (χ1) is 12.2. The number of ether oxygens (including phenoxy) is 1. The molecule has 126 valence electrons. The Morgan fingerprint density at radius 2 is 1.60 bits per heavy atom. The van der Waals surface area contributed by atoms with Crippen LogP contribution in [-0.4, -0.2) is 17.5 Å². The van der Waals surface area contributed by atoms with E-state index < -0.39 is 0 Å². The molecule has 0 aliphatic heterocycles. The summed E-state index contributed by atoms with van der Waals surface area (Å²) in [6, 6.07) is 20.8. The number of anilines is 3. The van der Waals surface area contributed by atoms with E-state index in [1.807, 2.05) is 61.5 Å². The highest BCUT2D eigenvalue weighted by Gasteiger charge is 2.07. The van der Waals surface area contributed by atoms with Crippen molar-refractivity contribution < 1.29 is 9.53 Å². The number of hydrogen-bond acceptors (Lipinski definition) is 4. The van der Waals surface area contributed by atoms with Crippen molar-refractivity contribution in [2.75, 3.05) is 17.2 Å². The summed E-state index contributed by atoms with van der Waals surface area (Å²) in [4.78, 5) is 16.4. The molecule has 5 nitrogen and oxygen atoms in total. The predicted octanol–water partition coefficient (Wildman–Crippen LogP) is 4.48. The average molecular weight is 333 g/mol. The smallest absolute Gasteiger partial charge is 0.257 e. The van der Waals surface area contributed by atoms with Gasteiger partial charge in [-0.2, -0.15) is 0 Å². The number of amides is 1. The van der Waals surface area contributed by atoms with Crippen LogP contribution in [0.2, 0.25) is 0 Å². The molecule has 0 unspecified atom stereocenters. The quantitative estimate of drug-likeness (QED) is 0.698. The fourth-order valence-corrected chi connectivity index (χ4v) is 2.28. The van der Waals surface area contributed by atoms with Crippen LogP contribution in [0.25, 0.3) is 0 Å². The van der Waals surface area contributed by atoms with Gasteiger partial charge in [0.15, 0.2) is 0 Å². The van der Waals surface area contributed by atoms with Gasteiger partial charge in [0.25, 0.3) is 5.91 Å². The molecule has 0 bridgehead atoms. The van der Waals surface area contributed by atoms with E-state index in [-0.39, 0.29) is 5.91 Å². The van der Waals surface area contributed by atoms with E-state index in [2.05, 4.69) is 15.6 Å². The zero-order valence-electron chi connectivity index (χ0n) is 13.9. The minimum Gasteiger partial charge on any atom is -0.478 e. The van der Waals surface area contributed by atoms with E-state index in [4.69, 9.17) is 4.74 Å². The van der Waals surface area contributed by atoms with E-state index in [1.54, 1.807) is 12.1 Å². The summed E-state index contributed by atoms with van der Waals surface area (Å²) >= 11 is 0. The molecule has 1 amide bonds. The fourth-order valence-electron chi connectivity index (χ4n) is 2.28. The summed E-state index contributed by atoms with van der Waals surface area (Å²) < 4.78 is 5.27. The van der Waals surface area contributed by atoms with Crippen molar-refractivity contribution in [3.8, 4) is 5.88 Å². The van der Waals surface area contributed by atoms with Gasteiger partial charge in [-0.1, -0.05) is 18.2 Å². The van der Waals surface area contributed by atoms with Gasteiger partial charge in [0.1, 0.15) is 0 Å². The number of nitrogens with zero attached hydrogens (tertiary/aromatic N) is 1. The molecule has 0 saturated heterocycles. The van der Waals surface area contributed by atoms with Crippen molar-refractivity contribution in [2.45, 2.75) is 6.92 Å². The molecule has 2 aromatic carbocycles. The topological polar surface area (TPSA) is 63.2 Å². The maximum absolute atomic E-state index is 12.3. The second-order valence-corrected chi connectivity index (χ2v) is 5.34. The van der Waals surface area contributed by atoms with E-state index >= 15 is 0 Å². The molecule has 0 atom stereocenters. The molecule has 1 heterocycles. The van der Waals surface area contributed by atoms with Crippen molar-refractivity contribution in [1.82, 2.24) is 4.98 Å². The molecule has 0 radical (unpaired) electrons. The van der Waals surface area contributed by atoms with Gasteiger partial charge in [0, 0.05) is 29.3 Å². The van der Waals surface area contributed by atoms with Crippen LogP contribution in [0.3, 0.4) is 0 Å². The summed E-state index contributed by atoms with van der Waals surface area (Å²) in [5.41, 5.74) is 3.17. The van der Waals surface area contributed by atoms with Crippen LogP contribution in [0.1, 0.15) is 17.3 Å². The Hall–Kier alpha value is -3.34.